The van der Waals surface area contributed by atoms with Gasteiger partial charge in [-0.15, -0.1) is 0 Å². The second kappa shape index (κ2) is 6.86. The number of thiol groups is 1. The van der Waals surface area contributed by atoms with Gasteiger partial charge in [0.1, 0.15) is 0 Å². The summed E-state index contributed by atoms with van der Waals surface area (Å²) in [4.78, 5) is 16.6. The number of amides is 1. The highest BCUT2D eigenvalue weighted by molar-refractivity contribution is 7.75. The molecular formula is C20H18N2O2S. The number of benzene rings is 2. The number of anilines is 1. The van der Waals surface area contributed by atoms with E-state index in [0.29, 0.717) is 12.5 Å². The molecule has 0 radical (unpaired) electrons. The number of carbonyl (C=O) groups is 1. The quantitative estimate of drug-likeness (QED) is 0.532. The van der Waals surface area contributed by atoms with Crippen molar-refractivity contribution in [2.75, 3.05) is 5.32 Å². The number of pyridine rings is 1. The summed E-state index contributed by atoms with van der Waals surface area (Å²) in [6, 6.07) is 16.0. The SMILES string of the molecule is O=C(Nc1ccc2cnccc2c1)C1CC1c1ccc(COS)cc1. The minimum Gasteiger partial charge on any atom is -0.326 e. The van der Waals surface area contributed by atoms with Gasteiger partial charge >= 0.3 is 0 Å². The maximum atomic E-state index is 12.5. The molecule has 1 amide bonds. The molecule has 1 N–H and O–H groups in total. The zero-order valence-electron chi connectivity index (χ0n) is 13.6. The molecule has 1 aromatic heterocycles. The van der Waals surface area contributed by atoms with Gasteiger partial charge in [-0.1, -0.05) is 30.3 Å². The molecule has 0 bridgehead atoms. The van der Waals surface area contributed by atoms with Gasteiger partial charge < -0.3 is 9.50 Å². The first-order valence-corrected chi connectivity index (χ1v) is 8.61. The van der Waals surface area contributed by atoms with Crippen LogP contribution in [-0.2, 0) is 15.6 Å². The van der Waals surface area contributed by atoms with Crippen molar-refractivity contribution in [1.29, 1.82) is 0 Å². The van der Waals surface area contributed by atoms with Crippen LogP contribution in [0.1, 0.15) is 23.5 Å². The molecule has 4 nitrogen and oxygen atoms in total. The van der Waals surface area contributed by atoms with E-state index in [2.05, 4.69) is 35.3 Å². The van der Waals surface area contributed by atoms with Crippen molar-refractivity contribution in [3.8, 4) is 0 Å². The molecule has 4 rings (SSSR count). The normalized spacial score (nSPS) is 18.9. The standard InChI is InChI=1S/C20H18N2O2S/c23-20(22-17-6-5-16-11-21-8-7-15(16)9-17)19-10-18(19)14-3-1-13(2-4-14)12-24-25/h1-9,11,18-19,25H,10,12H2,(H,22,23). The Labute approximate surface area is 151 Å². The van der Waals surface area contributed by atoms with Crippen LogP contribution in [-0.4, -0.2) is 10.9 Å². The molecule has 0 aliphatic heterocycles. The molecule has 5 heteroatoms. The number of rotatable bonds is 5. The summed E-state index contributed by atoms with van der Waals surface area (Å²) in [7, 11) is 0. The molecule has 2 unspecified atom stereocenters. The lowest BCUT2D eigenvalue weighted by Crippen LogP contribution is -2.14. The van der Waals surface area contributed by atoms with Crippen molar-refractivity contribution in [1.82, 2.24) is 4.98 Å². The fraction of sp³-hybridized carbons (Fsp3) is 0.200. The topological polar surface area (TPSA) is 51.2 Å². The molecule has 25 heavy (non-hydrogen) atoms. The Morgan fingerprint density at radius 3 is 2.80 bits per heavy atom. The summed E-state index contributed by atoms with van der Waals surface area (Å²) in [5.74, 6) is 0.428. The average Bonchev–Trinajstić information content (AvgIpc) is 3.43. The van der Waals surface area contributed by atoms with E-state index < -0.39 is 0 Å². The number of hydrogen-bond donors (Lipinski definition) is 2. The fourth-order valence-electron chi connectivity index (χ4n) is 3.18. The average molecular weight is 350 g/mol. The summed E-state index contributed by atoms with van der Waals surface area (Å²) < 4.78 is 4.83. The van der Waals surface area contributed by atoms with Crippen LogP contribution in [0, 0.1) is 5.92 Å². The zero-order valence-corrected chi connectivity index (χ0v) is 14.4. The van der Waals surface area contributed by atoms with E-state index in [1.54, 1.807) is 6.20 Å². The molecule has 1 fully saturated rings. The largest absolute Gasteiger partial charge is 0.326 e. The van der Waals surface area contributed by atoms with Crippen LogP contribution in [0.5, 0.6) is 0 Å². The van der Waals surface area contributed by atoms with Crippen molar-refractivity contribution in [3.05, 3.63) is 72.1 Å². The Morgan fingerprint density at radius 2 is 2.00 bits per heavy atom. The van der Waals surface area contributed by atoms with Crippen molar-refractivity contribution < 1.29 is 8.98 Å². The molecule has 1 heterocycles. The number of aromatic nitrogens is 1. The minimum absolute atomic E-state index is 0.0418. The highest BCUT2D eigenvalue weighted by atomic mass is 32.1. The van der Waals surface area contributed by atoms with E-state index in [1.807, 2.05) is 42.6 Å². The number of nitrogens with one attached hydrogen (secondary N) is 1. The van der Waals surface area contributed by atoms with Gasteiger partial charge in [-0.05, 0) is 60.0 Å². The lowest BCUT2D eigenvalue weighted by atomic mass is 10.1. The number of carbonyl (C=O) groups excluding carboxylic acids is 1. The third kappa shape index (κ3) is 3.52. The van der Waals surface area contributed by atoms with Gasteiger partial charge in [0, 0.05) is 29.4 Å². The summed E-state index contributed by atoms with van der Waals surface area (Å²) in [6.07, 6.45) is 4.47. The molecule has 1 aliphatic carbocycles. The molecule has 3 aromatic rings. The molecule has 2 atom stereocenters. The van der Waals surface area contributed by atoms with Crippen LogP contribution in [0.3, 0.4) is 0 Å². The maximum Gasteiger partial charge on any atom is 0.228 e. The lowest BCUT2D eigenvalue weighted by molar-refractivity contribution is -0.117. The van der Waals surface area contributed by atoms with Crippen LogP contribution in [0.25, 0.3) is 10.8 Å². The molecule has 0 saturated heterocycles. The molecule has 0 spiro atoms. The van der Waals surface area contributed by atoms with Gasteiger partial charge in [0.15, 0.2) is 0 Å². The smallest absolute Gasteiger partial charge is 0.228 e. The Bertz CT molecular complexity index is 911. The Kier molecular flexibility index (Phi) is 4.42. The lowest BCUT2D eigenvalue weighted by Gasteiger charge is -2.07. The zero-order chi connectivity index (χ0) is 17.2. The van der Waals surface area contributed by atoms with Crippen LogP contribution < -0.4 is 5.32 Å². The van der Waals surface area contributed by atoms with Gasteiger partial charge in [-0.3, -0.25) is 9.78 Å². The predicted octanol–water partition coefficient (Wildman–Crippen LogP) is 4.34. The second-order valence-corrected chi connectivity index (χ2v) is 6.65. The molecular weight excluding hydrogens is 332 g/mol. The van der Waals surface area contributed by atoms with Crippen molar-refractivity contribution in [3.63, 3.8) is 0 Å². The van der Waals surface area contributed by atoms with Crippen LogP contribution in [0.15, 0.2) is 60.9 Å². The molecule has 2 aromatic carbocycles. The van der Waals surface area contributed by atoms with E-state index in [-0.39, 0.29) is 11.8 Å². The van der Waals surface area contributed by atoms with Crippen molar-refractivity contribution >= 4 is 35.3 Å². The fourth-order valence-corrected chi connectivity index (χ4v) is 3.33. The monoisotopic (exact) mass is 350 g/mol. The van der Waals surface area contributed by atoms with Crippen molar-refractivity contribution in [2.24, 2.45) is 5.92 Å². The molecule has 1 saturated carbocycles. The van der Waals surface area contributed by atoms with Crippen molar-refractivity contribution in [2.45, 2.75) is 18.9 Å². The number of fused-ring (bicyclic) bond motifs is 1. The van der Waals surface area contributed by atoms with Gasteiger partial charge in [-0.2, -0.15) is 0 Å². The first kappa shape index (κ1) is 16.1. The summed E-state index contributed by atoms with van der Waals surface area (Å²) in [6.45, 7) is 0.482. The van der Waals surface area contributed by atoms with Gasteiger partial charge in [0.05, 0.1) is 6.61 Å². The third-order valence-corrected chi connectivity index (χ3v) is 4.80. The van der Waals surface area contributed by atoms with E-state index in [4.69, 9.17) is 4.18 Å². The number of nitrogens with zero attached hydrogens (tertiary/aromatic N) is 1. The number of hydrogen-bond acceptors (Lipinski definition) is 4. The van der Waals surface area contributed by atoms with Gasteiger partial charge in [0.25, 0.3) is 0 Å². The summed E-state index contributed by atoms with van der Waals surface area (Å²) in [5.41, 5.74) is 3.11. The van der Waals surface area contributed by atoms with Crippen LogP contribution >= 0.6 is 12.9 Å². The Balaban J connectivity index is 1.41. The van der Waals surface area contributed by atoms with Crippen LogP contribution in [0.4, 0.5) is 5.69 Å². The van der Waals surface area contributed by atoms with Crippen LogP contribution in [0.2, 0.25) is 0 Å². The van der Waals surface area contributed by atoms with Gasteiger partial charge in [0.2, 0.25) is 5.91 Å². The van der Waals surface area contributed by atoms with Gasteiger partial charge in [-0.25, -0.2) is 0 Å². The van der Waals surface area contributed by atoms with E-state index in [1.165, 1.54) is 5.56 Å². The first-order chi connectivity index (χ1) is 12.2. The molecule has 126 valence electrons. The summed E-state index contributed by atoms with van der Waals surface area (Å²) >= 11 is 3.77. The van der Waals surface area contributed by atoms with E-state index in [0.717, 1.165) is 28.4 Å². The first-order valence-electron chi connectivity index (χ1n) is 8.24. The predicted molar refractivity (Wildman–Crippen MR) is 101 cm³/mol. The third-order valence-electron chi connectivity index (χ3n) is 4.67. The second-order valence-electron chi connectivity index (χ2n) is 6.39. The summed E-state index contributed by atoms with van der Waals surface area (Å²) in [5, 5.41) is 5.17. The highest BCUT2D eigenvalue weighted by Gasteiger charge is 2.43. The highest BCUT2D eigenvalue weighted by Crippen LogP contribution is 2.48. The van der Waals surface area contributed by atoms with E-state index in [9.17, 15) is 4.79 Å². The Hall–Kier alpha value is -2.37. The molecule has 1 aliphatic rings. The maximum absolute atomic E-state index is 12.5. The Morgan fingerprint density at radius 1 is 1.16 bits per heavy atom. The van der Waals surface area contributed by atoms with E-state index >= 15 is 0 Å². The minimum atomic E-state index is 0.0418.